The topological polar surface area (TPSA) is 90.4 Å². The molecule has 1 saturated heterocycles. The minimum atomic E-state index is -0.422. The summed E-state index contributed by atoms with van der Waals surface area (Å²) in [6.45, 7) is 3.87. The van der Waals surface area contributed by atoms with Crippen LogP contribution in [0.2, 0.25) is 5.02 Å². The number of carbonyl (C=O) groups excluding carboxylic acids is 2. The average Bonchev–Trinajstić information content (AvgIpc) is 3.06. The molecule has 1 aliphatic rings. The van der Waals surface area contributed by atoms with Crippen LogP contribution in [0.25, 0.3) is 5.69 Å². The first kappa shape index (κ1) is 19.4. The van der Waals surface area contributed by atoms with Gasteiger partial charge in [0.15, 0.2) is 0 Å². The van der Waals surface area contributed by atoms with E-state index in [9.17, 15) is 9.59 Å². The highest BCUT2D eigenvalue weighted by atomic mass is 35.5. The number of ether oxygens (including phenoxy) is 1. The second kappa shape index (κ2) is 8.54. The molecule has 0 saturated carbocycles. The monoisotopic (exact) mass is 390 g/mol. The molecule has 27 heavy (non-hydrogen) atoms. The van der Waals surface area contributed by atoms with Crippen LogP contribution in [0.5, 0.6) is 0 Å². The van der Waals surface area contributed by atoms with Crippen molar-refractivity contribution in [3.63, 3.8) is 0 Å². The Balaban J connectivity index is 1.95. The SMILES string of the molecule is CCOC(=O)c1cnn(-c2ccccc2Cl)c1CN1CCCC(C(N)=O)C1. The van der Waals surface area contributed by atoms with Gasteiger partial charge in [0.05, 0.1) is 35.1 Å². The molecule has 7 nitrogen and oxygen atoms in total. The number of amides is 1. The van der Waals surface area contributed by atoms with Crippen molar-refractivity contribution in [1.82, 2.24) is 14.7 Å². The Bertz CT molecular complexity index is 836. The summed E-state index contributed by atoms with van der Waals surface area (Å²) >= 11 is 6.34. The zero-order valence-electron chi connectivity index (χ0n) is 15.2. The Morgan fingerprint density at radius 2 is 2.15 bits per heavy atom. The van der Waals surface area contributed by atoms with E-state index in [-0.39, 0.29) is 18.4 Å². The standard InChI is InChI=1S/C19H23ClN4O3/c1-2-27-19(26)14-10-22-24(16-8-4-3-7-15(16)20)17(14)12-23-9-5-6-13(11-23)18(21)25/h3-4,7-8,10,13H,2,5-6,9,11-12H2,1H3,(H2,21,25). The quantitative estimate of drug-likeness (QED) is 0.765. The zero-order chi connectivity index (χ0) is 19.4. The molecule has 0 aliphatic carbocycles. The number of nitrogens with zero attached hydrogens (tertiary/aromatic N) is 3. The summed E-state index contributed by atoms with van der Waals surface area (Å²) in [7, 11) is 0. The number of primary amides is 1. The second-order valence-electron chi connectivity index (χ2n) is 6.57. The third kappa shape index (κ3) is 4.31. The third-order valence-electron chi connectivity index (χ3n) is 4.73. The van der Waals surface area contributed by atoms with Crippen molar-refractivity contribution in [3.8, 4) is 5.69 Å². The van der Waals surface area contributed by atoms with Crippen LogP contribution in [-0.4, -0.2) is 46.3 Å². The van der Waals surface area contributed by atoms with Crippen LogP contribution in [0.3, 0.4) is 0 Å². The van der Waals surface area contributed by atoms with Crippen LogP contribution in [0.15, 0.2) is 30.5 Å². The van der Waals surface area contributed by atoms with Gasteiger partial charge in [-0.3, -0.25) is 9.69 Å². The molecule has 3 rings (SSSR count). The molecule has 0 bridgehead atoms. The fourth-order valence-corrected chi connectivity index (χ4v) is 3.60. The Labute approximate surface area is 163 Å². The van der Waals surface area contributed by atoms with E-state index in [1.165, 1.54) is 6.20 Å². The van der Waals surface area contributed by atoms with Gasteiger partial charge in [0.1, 0.15) is 5.56 Å². The smallest absolute Gasteiger partial charge is 0.341 e. The molecule has 144 valence electrons. The van der Waals surface area contributed by atoms with Crippen molar-refractivity contribution in [2.45, 2.75) is 26.3 Å². The number of esters is 1. The average molecular weight is 391 g/mol. The Kier molecular flexibility index (Phi) is 6.13. The first-order valence-corrected chi connectivity index (χ1v) is 9.39. The summed E-state index contributed by atoms with van der Waals surface area (Å²) in [5.41, 5.74) is 7.26. The third-order valence-corrected chi connectivity index (χ3v) is 5.05. The fraction of sp³-hybridized carbons (Fsp3) is 0.421. The maximum Gasteiger partial charge on any atom is 0.341 e. The number of carbonyl (C=O) groups is 2. The number of nitrogens with two attached hydrogens (primary N) is 1. The number of halogens is 1. The van der Waals surface area contributed by atoms with Crippen molar-refractivity contribution in [2.75, 3.05) is 19.7 Å². The van der Waals surface area contributed by atoms with Gasteiger partial charge in [-0.1, -0.05) is 23.7 Å². The summed E-state index contributed by atoms with van der Waals surface area (Å²) in [5.74, 6) is -0.888. The van der Waals surface area contributed by atoms with Gasteiger partial charge in [0.2, 0.25) is 5.91 Å². The summed E-state index contributed by atoms with van der Waals surface area (Å²) < 4.78 is 6.85. The number of rotatable bonds is 6. The van der Waals surface area contributed by atoms with E-state index in [0.29, 0.717) is 35.1 Å². The Morgan fingerprint density at radius 3 is 2.85 bits per heavy atom. The van der Waals surface area contributed by atoms with Crippen molar-refractivity contribution in [2.24, 2.45) is 11.7 Å². The predicted molar refractivity (Wildman–Crippen MR) is 102 cm³/mol. The molecule has 1 aromatic heterocycles. The van der Waals surface area contributed by atoms with Crippen molar-refractivity contribution >= 4 is 23.5 Å². The van der Waals surface area contributed by atoms with Gasteiger partial charge in [-0.25, -0.2) is 9.48 Å². The first-order valence-electron chi connectivity index (χ1n) is 9.01. The van der Waals surface area contributed by atoms with Crippen molar-refractivity contribution < 1.29 is 14.3 Å². The number of benzene rings is 1. The predicted octanol–water partition coefficient (Wildman–Crippen LogP) is 2.40. The molecule has 0 spiro atoms. The lowest BCUT2D eigenvalue weighted by Crippen LogP contribution is -2.41. The van der Waals surface area contributed by atoms with Crippen molar-refractivity contribution in [1.29, 1.82) is 0 Å². The van der Waals surface area contributed by atoms with Crippen LogP contribution < -0.4 is 5.73 Å². The molecule has 1 atom stereocenters. The van der Waals surface area contributed by atoms with Crippen LogP contribution in [-0.2, 0) is 16.1 Å². The van der Waals surface area contributed by atoms with E-state index in [0.717, 1.165) is 19.4 Å². The van der Waals surface area contributed by atoms with E-state index >= 15 is 0 Å². The molecule has 0 radical (unpaired) electrons. The van der Waals surface area contributed by atoms with E-state index in [1.54, 1.807) is 17.7 Å². The van der Waals surface area contributed by atoms with E-state index in [4.69, 9.17) is 22.1 Å². The molecule has 2 N–H and O–H groups in total. The molecule has 1 aliphatic heterocycles. The highest BCUT2D eigenvalue weighted by Crippen LogP contribution is 2.25. The number of piperidine rings is 1. The van der Waals surface area contributed by atoms with Gasteiger partial charge >= 0.3 is 5.97 Å². The lowest BCUT2D eigenvalue weighted by atomic mass is 9.97. The number of hydrogen-bond acceptors (Lipinski definition) is 5. The highest BCUT2D eigenvalue weighted by molar-refractivity contribution is 6.32. The first-order chi connectivity index (χ1) is 13.0. The summed E-state index contributed by atoms with van der Waals surface area (Å²) in [6.07, 6.45) is 3.18. The molecule has 2 heterocycles. The molecule has 1 fully saturated rings. The van der Waals surface area contributed by atoms with Gasteiger partial charge in [-0.2, -0.15) is 5.10 Å². The number of hydrogen-bond donors (Lipinski definition) is 1. The minimum absolute atomic E-state index is 0.179. The largest absolute Gasteiger partial charge is 0.462 e. The molecular weight excluding hydrogens is 368 g/mol. The van der Waals surface area contributed by atoms with Gasteiger partial charge in [-0.05, 0) is 38.4 Å². The number of likely N-dealkylation sites (tertiary alicyclic amines) is 1. The Hall–Kier alpha value is -2.38. The van der Waals surface area contributed by atoms with E-state index < -0.39 is 5.97 Å². The van der Waals surface area contributed by atoms with Crippen LogP contribution in [0.1, 0.15) is 35.8 Å². The lowest BCUT2D eigenvalue weighted by Gasteiger charge is -2.31. The molecule has 2 aromatic rings. The van der Waals surface area contributed by atoms with Crippen molar-refractivity contribution in [3.05, 3.63) is 46.7 Å². The zero-order valence-corrected chi connectivity index (χ0v) is 16.0. The van der Waals surface area contributed by atoms with Gasteiger partial charge < -0.3 is 10.5 Å². The summed E-state index contributed by atoms with van der Waals surface area (Å²) in [4.78, 5) is 26.1. The van der Waals surface area contributed by atoms with Crippen LogP contribution in [0, 0.1) is 5.92 Å². The lowest BCUT2D eigenvalue weighted by molar-refractivity contribution is -0.123. The molecule has 1 unspecified atom stereocenters. The maximum absolute atomic E-state index is 12.4. The van der Waals surface area contributed by atoms with Crippen LogP contribution >= 0.6 is 11.6 Å². The Morgan fingerprint density at radius 1 is 1.37 bits per heavy atom. The van der Waals surface area contributed by atoms with E-state index in [1.807, 2.05) is 18.2 Å². The molecule has 1 amide bonds. The van der Waals surface area contributed by atoms with Gasteiger partial charge in [-0.15, -0.1) is 0 Å². The van der Waals surface area contributed by atoms with Gasteiger partial charge in [0.25, 0.3) is 0 Å². The highest BCUT2D eigenvalue weighted by Gasteiger charge is 2.27. The molecule has 8 heteroatoms. The number of para-hydroxylation sites is 1. The van der Waals surface area contributed by atoms with Gasteiger partial charge in [0, 0.05) is 13.1 Å². The summed E-state index contributed by atoms with van der Waals surface area (Å²) in [6, 6.07) is 7.32. The van der Waals surface area contributed by atoms with Crippen LogP contribution in [0.4, 0.5) is 0 Å². The minimum Gasteiger partial charge on any atom is -0.462 e. The number of aromatic nitrogens is 2. The maximum atomic E-state index is 12.4. The van der Waals surface area contributed by atoms with E-state index in [2.05, 4.69) is 10.00 Å². The normalized spacial score (nSPS) is 17.6. The molecule has 1 aromatic carbocycles. The second-order valence-corrected chi connectivity index (χ2v) is 6.97. The fourth-order valence-electron chi connectivity index (χ4n) is 3.38. The summed E-state index contributed by atoms with van der Waals surface area (Å²) in [5, 5.41) is 4.92. The molecular formula is C19H23ClN4O3.